The van der Waals surface area contributed by atoms with Crippen LogP contribution in [0.1, 0.15) is 5.56 Å². The van der Waals surface area contributed by atoms with Crippen molar-refractivity contribution < 1.29 is 22.7 Å². The highest BCUT2D eigenvalue weighted by atomic mass is 19.4. The molecule has 2 aromatic rings. The van der Waals surface area contributed by atoms with E-state index in [2.05, 4.69) is 0 Å². The topological polar surface area (TPSA) is 29.5 Å². The first-order valence-electron chi connectivity index (χ1n) is 6.50. The number of likely N-dealkylation sites (N-methyl/N-ethyl adjacent to an activating group) is 1. The van der Waals surface area contributed by atoms with Crippen molar-refractivity contribution >= 4 is 11.6 Å². The molecule has 116 valence electrons. The fraction of sp³-hybridized carbons (Fsp3) is 0.188. The number of hydrogen-bond donors (Lipinski definition) is 0. The molecule has 0 unspecified atom stereocenters. The highest BCUT2D eigenvalue weighted by molar-refractivity contribution is 5.93. The number of benzene rings is 2. The Labute approximate surface area is 125 Å². The monoisotopic (exact) mass is 309 g/mol. The van der Waals surface area contributed by atoms with Gasteiger partial charge in [-0.3, -0.25) is 4.79 Å². The number of hydrogen-bond acceptors (Lipinski definition) is 2. The Kier molecular flexibility index (Phi) is 4.70. The van der Waals surface area contributed by atoms with Crippen molar-refractivity contribution in [3.8, 4) is 5.75 Å². The summed E-state index contributed by atoms with van der Waals surface area (Å²) in [7, 11) is 1.54. The van der Waals surface area contributed by atoms with Gasteiger partial charge in [0.1, 0.15) is 5.75 Å². The van der Waals surface area contributed by atoms with Gasteiger partial charge in [0.2, 0.25) is 0 Å². The number of carbonyl (C=O) groups excluding carboxylic acids is 1. The van der Waals surface area contributed by atoms with Crippen LogP contribution < -0.4 is 9.64 Å². The van der Waals surface area contributed by atoms with Crippen molar-refractivity contribution in [1.29, 1.82) is 0 Å². The van der Waals surface area contributed by atoms with Crippen LogP contribution in [0.15, 0.2) is 54.6 Å². The highest BCUT2D eigenvalue weighted by Gasteiger charge is 2.34. The molecule has 1 amide bonds. The lowest BCUT2D eigenvalue weighted by Gasteiger charge is -2.18. The van der Waals surface area contributed by atoms with Crippen LogP contribution in [0.3, 0.4) is 0 Å². The second-order valence-corrected chi connectivity index (χ2v) is 4.57. The minimum Gasteiger partial charge on any atom is -0.483 e. The molecule has 0 aliphatic heterocycles. The Hall–Kier alpha value is -2.50. The number of ether oxygens (including phenoxy) is 1. The van der Waals surface area contributed by atoms with E-state index in [0.717, 1.165) is 6.07 Å². The van der Waals surface area contributed by atoms with Crippen LogP contribution in [0.2, 0.25) is 0 Å². The Balaban J connectivity index is 2.06. The number of alkyl halides is 3. The predicted molar refractivity (Wildman–Crippen MR) is 76.8 cm³/mol. The fourth-order valence-electron chi connectivity index (χ4n) is 1.86. The van der Waals surface area contributed by atoms with E-state index in [4.69, 9.17) is 4.74 Å². The van der Waals surface area contributed by atoms with Gasteiger partial charge in [0.05, 0.1) is 5.56 Å². The van der Waals surface area contributed by atoms with E-state index in [-0.39, 0.29) is 5.75 Å². The zero-order chi connectivity index (χ0) is 16.2. The number of anilines is 1. The molecule has 0 saturated carbocycles. The van der Waals surface area contributed by atoms with Gasteiger partial charge in [0.25, 0.3) is 5.91 Å². The second kappa shape index (κ2) is 6.51. The number of rotatable bonds is 4. The average molecular weight is 309 g/mol. The molecule has 0 spiro atoms. The Morgan fingerprint density at radius 2 is 1.64 bits per heavy atom. The van der Waals surface area contributed by atoms with E-state index in [0.29, 0.717) is 5.69 Å². The molecule has 22 heavy (non-hydrogen) atoms. The van der Waals surface area contributed by atoms with Crippen molar-refractivity contribution in [1.82, 2.24) is 0 Å². The van der Waals surface area contributed by atoms with Gasteiger partial charge in [-0.1, -0.05) is 30.3 Å². The zero-order valence-electron chi connectivity index (χ0n) is 11.8. The molecular formula is C16H14F3NO2. The molecule has 3 nitrogen and oxygen atoms in total. The van der Waals surface area contributed by atoms with E-state index in [1.54, 1.807) is 30.3 Å². The lowest BCUT2D eigenvalue weighted by Crippen LogP contribution is -2.31. The summed E-state index contributed by atoms with van der Waals surface area (Å²) in [5.74, 6) is -0.798. The smallest absolute Gasteiger partial charge is 0.419 e. The summed E-state index contributed by atoms with van der Waals surface area (Å²) in [6.07, 6.45) is -4.52. The number of amides is 1. The molecule has 0 aliphatic carbocycles. The summed E-state index contributed by atoms with van der Waals surface area (Å²) in [5, 5.41) is 0. The van der Waals surface area contributed by atoms with Crippen LogP contribution in [0.25, 0.3) is 0 Å². The molecule has 0 bridgehead atoms. The van der Waals surface area contributed by atoms with Crippen molar-refractivity contribution in [2.45, 2.75) is 6.18 Å². The second-order valence-electron chi connectivity index (χ2n) is 4.57. The van der Waals surface area contributed by atoms with Crippen molar-refractivity contribution in [2.75, 3.05) is 18.6 Å². The molecule has 0 aliphatic rings. The zero-order valence-corrected chi connectivity index (χ0v) is 11.8. The molecule has 6 heteroatoms. The molecule has 0 aromatic heterocycles. The van der Waals surface area contributed by atoms with Crippen molar-refractivity contribution in [3.05, 3.63) is 60.2 Å². The molecule has 0 radical (unpaired) electrons. The van der Waals surface area contributed by atoms with Gasteiger partial charge in [-0.05, 0) is 24.3 Å². The first kappa shape index (κ1) is 15.9. The maximum atomic E-state index is 12.8. The third-order valence-electron chi connectivity index (χ3n) is 3.06. The average Bonchev–Trinajstić information content (AvgIpc) is 2.52. The molecule has 0 heterocycles. The van der Waals surface area contributed by atoms with Gasteiger partial charge in [-0.2, -0.15) is 13.2 Å². The maximum absolute atomic E-state index is 12.8. The van der Waals surface area contributed by atoms with E-state index in [1.807, 2.05) is 0 Å². The molecule has 2 aromatic carbocycles. The normalized spacial score (nSPS) is 11.1. The molecule has 0 saturated heterocycles. The molecule has 0 fully saturated rings. The van der Waals surface area contributed by atoms with Crippen LogP contribution in [0.4, 0.5) is 18.9 Å². The van der Waals surface area contributed by atoms with E-state index in [9.17, 15) is 18.0 Å². The number of para-hydroxylation sites is 2. The van der Waals surface area contributed by atoms with Crippen LogP contribution in [-0.2, 0) is 11.0 Å². The SMILES string of the molecule is CN(C(=O)COc1ccccc1C(F)(F)F)c1ccccc1. The van der Waals surface area contributed by atoms with Crippen LogP contribution >= 0.6 is 0 Å². The van der Waals surface area contributed by atoms with E-state index in [1.165, 1.54) is 30.1 Å². The molecule has 0 N–H and O–H groups in total. The van der Waals surface area contributed by atoms with Gasteiger partial charge in [0.15, 0.2) is 6.61 Å². The van der Waals surface area contributed by atoms with Crippen LogP contribution in [0, 0.1) is 0 Å². The van der Waals surface area contributed by atoms with E-state index < -0.39 is 24.3 Å². The number of nitrogens with zero attached hydrogens (tertiary/aromatic N) is 1. The third-order valence-corrected chi connectivity index (χ3v) is 3.06. The Morgan fingerprint density at radius 1 is 1.05 bits per heavy atom. The first-order valence-corrected chi connectivity index (χ1v) is 6.50. The van der Waals surface area contributed by atoms with Crippen LogP contribution in [-0.4, -0.2) is 19.6 Å². The Morgan fingerprint density at radius 3 is 2.27 bits per heavy atom. The van der Waals surface area contributed by atoms with Gasteiger partial charge in [-0.25, -0.2) is 0 Å². The van der Waals surface area contributed by atoms with Crippen molar-refractivity contribution in [2.24, 2.45) is 0 Å². The lowest BCUT2D eigenvalue weighted by atomic mass is 10.2. The molecule has 0 atom stereocenters. The van der Waals surface area contributed by atoms with Crippen LogP contribution in [0.5, 0.6) is 5.75 Å². The van der Waals surface area contributed by atoms with Gasteiger partial charge in [-0.15, -0.1) is 0 Å². The highest BCUT2D eigenvalue weighted by Crippen LogP contribution is 2.35. The standard InChI is InChI=1S/C16H14F3NO2/c1-20(12-7-3-2-4-8-12)15(21)11-22-14-10-6-5-9-13(14)16(17,18)19/h2-10H,11H2,1H3. The fourth-order valence-corrected chi connectivity index (χ4v) is 1.86. The van der Waals surface area contributed by atoms with E-state index >= 15 is 0 Å². The molecule has 2 rings (SSSR count). The summed E-state index contributed by atoms with van der Waals surface area (Å²) >= 11 is 0. The summed E-state index contributed by atoms with van der Waals surface area (Å²) < 4.78 is 43.5. The van der Waals surface area contributed by atoms with Gasteiger partial charge in [0, 0.05) is 12.7 Å². The minimum atomic E-state index is -4.52. The van der Waals surface area contributed by atoms with Crippen molar-refractivity contribution in [3.63, 3.8) is 0 Å². The summed E-state index contributed by atoms with van der Waals surface area (Å²) in [6, 6.07) is 13.6. The predicted octanol–water partition coefficient (Wildman–Crippen LogP) is 3.75. The Bertz CT molecular complexity index is 641. The van der Waals surface area contributed by atoms with Gasteiger partial charge >= 0.3 is 6.18 Å². The minimum absolute atomic E-state index is 0.357. The third kappa shape index (κ3) is 3.78. The number of carbonyl (C=O) groups is 1. The number of halogens is 3. The summed E-state index contributed by atoms with van der Waals surface area (Å²) in [6.45, 7) is -0.474. The largest absolute Gasteiger partial charge is 0.483 e. The lowest BCUT2D eigenvalue weighted by molar-refractivity contribution is -0.139. The first-order chi connectivity index (χ1) is 10.4. The maximum Gasteiger partial charge on any atom is 0.419 e. The molecular weight excluding hydrogens is 295 g/mol. The van der Waals surface area contributed by atoms with Gasteiger partial charge < -0.3 is 9.64 Å². The summed E-state index contributed by atoms with van der Waals surface area (Å²) in [4.78, 5) is 13.3. The summed E-state index contributed by atoms with van der Waals surface area (Å²) in [5.41, 5.74) is -0.259. The quantitative estimate of drug-likeness (QED) is 0.861.